The molecule has 2 aromatic carbocycles. The van der Waals surface area contributed by atoms with Gasteiger partial charge in [-0.2, -0.15) is 5.26 Å². The molecule has 0 atom stereocenters. The average Bonchev–Trinajstić information content (AvgIpc) is 2.43. The molecule has 0 N–H and O–H groups in total. The quantitative estimate of drug-likeness (QED) is 0.821. The van der Waals surface area contributed by atoms with Crippen molar-refractivity contribution in [3.05, 3.63) is 52.0 Å². The van der Waals surface area contributed by atoms with Gasteiger partial charge in [0.05, 0.1) is 27.4 Å². The van der Waals surface area contributed by atoms with Gasteiger partial charge in [-0.25, -0.2) is 8.42 Å². The van der Waals surface area contributed by atoms with Gasteiger partial charge in [-0.15, -0.1) is 0 Å². The Labute approximate surface area is 138 Å². The van der Waals surface area contributed by atoms with E-state index in [9.17, 15) is 8.42 Å². The van der Waals surface area contributed by atoms with Gasteiger partial charge in [0.2, 0.25) is 0 Å². The number of ether oxygens (including phenoxy) is 1. The molecule has 0 unspecified atom stereocenters. The van der Waals surface area contributed by atoms with Gasteiger partial charge in [-0.1, -0.05) is 29.3 Å². The molecule has 0 amide bonds. The summed E-state index contributed by atoms with van der Waals surface area (Å²) in [6.07, 6.45) is 1.33. The van der Waals surface area contributed by atoms with Crippen molar-refractivity contribution in [3.63, 3.8) is 0 Å². The van der Waals surface area contributed by atoms with Crippen LogP contribution in [0.3, 0.4) is 0 Å². The molecule has 0 bridgehead atoms. The fraction of sp³-hybridized carbons (Fsp3) is 0.133. The molecule has 0 fully saturated rings. The van der Waals surface area contributed by atoms with E-state index in [2.05, 4.69) is 0 Å². The Balaban J connectivity index is 2.36. The van der Waals surface area contributed by atoms with E-state index in [1.54, 1.807) is 18.2 Å². The maximum absolute atomic E-state index is 11.5. The first kappa shape index (κ1) is 16.6. The molecule has 0 saturated carbocycles. The second kappa shape index (κ2) is 6.57. The van der Waals surface area contributed by atoms with Gasteiger partial charge in [-0.05, 0) is 35.9 Å². The molecule has 2 rings (SSSR count). The van der Waals surface area contributed by atoms with Crippen LogP contribution in [0.1, 0.15) is 5.56 Å². The minimum Gasteiger partial charge on any atom is -0.454 e. The summed E-state index contributed by atoms with van der Waals surface area (Å²) >= 11 is 12.1. The van der Waals surface area contributed by atoms with Crippen LogP contribution in [-0.4, -0.2) is 14.7 Å². The van der Waals surface area contributed by atoms with E-state index in [1.165, 1.54) is 18.2 Å². The molecule has 0 aliphatic heterocycles. The monoisotopic (exact) mass is 355 g/mol. The molecule has 4 nitrogen and oxygen atoms in total. The molecule has 2 aromatic rings. The first-order valence-electron chi connectivity index (χ1n) is 6.14. The van der Waals surface area contributed by atoms with E-state index in [1.807, 2.05) is 6.07 Å². The van der Waals surface area contributed by atoms with Gasteiger partial charge in [0.15, 0.2) is 9.84 Å². The third-order valence-electron chi connectivity index (χ3n) is 2.83. The van der Waals surface area contributed by atoms with Crippen LogP contribution in [0.15, 0.2) is 41.3 Å². The van der Waals surface area contributed by atoms with Crippen LogP contribution < -0.4 is 4.74 Å². The topological polar surface area (TPSA) is 67.2 Å². The lowest BCUT2D eigenvalue weighted by atomic mass is 10.1. The van der Waals surface area contributed by atoms with Crippen LogP contribution in [-0.2, 0) is 16.3 Å². The maximum atomic E-state index is 11.5. The van der Waals surface area contributed by atoms with Crippen LogP contribution in [0.4, 0.5) is 0 Å². The summed E-state index contributed by atoms with van der Waals surface area (Å²) in [5.41, 5.74) is 0.755. The van der Waals surface area contributed by atoms with E-state index >= 15 is 0 Å². The highest BCUT2D eigenvalue weighted by molar-refractivity contribution is 7.90. The van der Waals surface area contributed by atoms with Crippen molar-refractivity contribution < 1.29 is 13.2 Å². The molecule has 0 spiro atoms. The molecule has 0 aromatic heterocycles. The lowest BCUT2D eigenvalue weighted by Crippen LogP contribution is -1.97. The van der Waals surface area contributed by atoms with Gasteiger partial charge in [0, 0.05) is 6.26 Å². The van der Waals surface area contributed by atoms with Gasteiger partial charge >= 0.3 is 0 Å². The lowest BCUT2D eigenvalue weighted by molar-refractivity contribution is 0.482. The van der Waals surface area contributed by atoms with Crippen LogP contribution in [0.5, 0.6) is 11.5 Å². The fourth-order valence-corrected chi connectivity index (χ4v) is 2.83. The Hall–Kier alpha value is -1.74. The van der Waals surface area contributed by atoms with E-state index in [4.69, 9.17) is 33.2 Å². The molecule has 0 heterocycles. The number of sulfone groups is 1. The molecule has 7 heteroatoms. The Bertz CT molecular complexity index is 858. The van der Waals surface area contributed by atoms with Crippen molar-refractivity contribution in [2.45, 2.75) is 11.3 Å². The zero-order chi connectivity index (χ0) is 16.3. The highest BCUT2D eigenvalue weighted by Crippen LogP contribution is 2.35. The summed E-state index contributed by atoms with van der Waals surface area (Å²) in [4.78, 5) is 0.106. The van der Waals surface area contributed by atoms with E-state index in [0.717, 1.165) is 11.8 Å². The molecule has 0 saturated heterocycles. The number of nitrogens with zero attached hydrogens (tertiary/aromatic N) is 1. The summed E-state index contributed by atoms with van der Waals surface area (Å²) in [6.45, 7) is 0. The SMILES string of the molecule is CS(=O)(=O)c1ccc(Oc2cc(CC#N)ccc2Cl)c(Cl)c1. The molecule has 0 aliphatic carbocycles. The largest absolute Gasteiger partial charge is 0.454 e. The summed E-state index contributed by atoms with van der Waals surface area (Å²) in [7, 11) is -3.34. The predicted molar refractivity (Wildman–Crippen MR) is 85.4 cm³/mol. The van der Waals surface area contributed by atoms with Crippen LogP contribution in [0.25, 0.3) is 0 Å². The molecular formula is C15H11Cl2NO3S. The predicted octanol–water partition coefficient (Wildman–Crippen LogP) is 4.26. The van der Waals surface area contributed by atoms with E-state index < -0.39 is 9.84 Å². The number of benzene rings is 2. The van der Waals surface area contributed by atoms with Crippen LogP contribution >= 0.6 is 23.2 Å². The number of hydrogen-bond donors (Lipinski definition) is 0. The number of nitriles is 1. The standard InChI is InChI=1S/C15H11Cl2NO3S/c1-22(19,20)11-3-5-14(13(17)9-11)21-15-8-10(6-7-18)2-4-12(15)16/h2-5,8-9H,6H2,1H3. The second-order valence-electron chi connectivity index (χ2n) is 4.57. The molecule has 114 valence electrons. The normalized spacial score (nSPS) is 11.0. The summed E-state index contributed by atoms with van der Waals surface area (Å²) in [6, 6.07) is 11.2. The van der Waals surface area contributed by atoms with E-state index in [-0.39, 0.29) is 22.1 Å². The number of rotatable bonds is 4. The Morgan fingerprint density at radius 3 is 2.41 bits per heavy atom. The van der Waals surface area contributed by atoms with Crippen molar-refractivity contribution in [1.82, 2.24) is 0 Å². The molecule has 22 heavy (non-hydrogen) atoms. The summed E-state index contributed by atoms with van der Waals surface area (Å²) < 4.78 is 28.6. The highest BCUT2D eigenvalue weighted by Gasteiger charge is 2.12. The average molecular weight is 356 g/mol. The molecular weight excluding hydrogens is 345 g/mol. The summed E-state index contributed by atoms with van der Waals surface area (Å²) in [5.74, 6) is 0.633. The third-order valence-corrected chi connectivity index (χ3v) is 4.55. The Morgan fingerprint density at radius 1 is 1.09 bits per heavy atom. The van der Waals surface area contributed by atoms with Gasteiger partial charge in [0.25, 0.3) is 0 Å². The van der Waals surface area contributed by atoms with E-state index in [0.29, 0.717) is 10.8 Å². The highest BCUT2D eigenvalue weighted by atomic mass is 35.5. The third kappa shape index (κ3) is 3.92. The minimum atomic E-state index is -3.34. The Kier molecular flexibility index (Phi) is 4.97. The lowest BCUT2D eigenvalue weighted by Gasteiger charge is -2.11. The second-order valence-corrected chi connectivity index (χ2v) is 7.40. The van der Waals surface area contributed by atoms with Crippen molar-refractivity contribution >= 4 is 33.0 Å². The van der Waals surface area contributed by atoms with Crippen molar-refractivity contribution in [2.24, 2.45) is 0 Å². The van der Waals surface area contributed by atoms with Crippen molar-refractivity contribution in [2.75, 3.05) is 6.26 Å². The van der Waals surface area contributed by atoms with Gasteiger partial charge in [0.1, 0.15) is 11.5 Å². The summed E-state index contributed by atoms with van der Waals surface area (Å²) in [5, 5.41) is 9.24. The van der Waals surface area contributed by atoms with Crippen LogP contribution in [0.2, 0.25) is 10.0 Å². The zero-order valence-corrected chi connectivity index (χ0v) is 13.8. The zero-order valence-electron chi connectivity index (χ0n) is 11.5. The van der Waals surface area contributed by atoms with Gasteiger partial charge < -0.3 is 4.74 Å². The smallest absolute Gasteiger partial charge is 0.175 e. The van der Waals surface area contributed by atoms with Crippen molar-refractivity contribution in [1.29, 1.82) is 5.26 Å². The fourth-order valence-electron chi connectivity index (χ4n) is 1.74. The van der Waals surface area contributed by atoms with Crippen LogP contribution in [0, 0.1) is 11.3 Å². The first-order chi connectivity index (χ1) is 10.3. The van der Waals surface area contributed by atoms with Crippen molar-refractivity contribution in [3.8, 4) is 17.6 Å². The molecule has 0 radical (unpaired) electrons. The molecule has 0 aliphatic rings. The Morgan fingerprint density at radius 2 is 1.82 bits per heavy atom. The number of halogens is 2. The number of hydrogen-bond acceptors (Lipinski definition) is 4. The maximum Gasteiger partial charge on any atom is 0.175 e. The minimum absolute atomic E-state index is 0.106. The first-order valence-corrected chi connectivity index (χ1v) is 8.79. The van der Waals surface area contributed by atoms with Gasteiger partial charge in [-0.3, -0.25) is 0 Å².